The maximum absolute atomic E-state index is 13.7. The maximum atomic E-state index is 13.7. The van der Waals surface area contributed by atoms with Crippen LogP contribution in [0.2, 0.25) is 0 Å². The second kappa shape index (κ2) is 6.10. The van der Waals surface area contributed by atoms with Crippen LogP contribution in [-0.4, -0.2) is 9.55 Å². The molecule has 2 aromatic carbocycles. The van der Waals surface area contributed by atoms with Crippen LogP contribution in [0.3, 0.4) is 0 Å². The van der Waals surface area contributed by atoms with Crippen molar-refractivity contribution in [3.05, 3.63) is 77.0 Å². The Morgan fingerprint density at radius 2 is 2.10 bits per heavy atom. The van der Waals surface area contributed by atoms with Crippen molar-refractivity contribution in [3.63, 3.8) is 0 Å². The van der Waals surface area contributed by atoms with Gasteiger partial charge in [0.25, 0.3) is 0 Å². The monoisotopic (exact) mass is 345 g/mol. The van der Waals surface area contributed by atoms with Crippen LogP contribution in [0.5, 0.6) is 0 Å². The van der Waals surface area contributed by atoms with Gasteiger partial charge in [-0.3, -0.25) is 0 Å². The highest BCUT2D eigenvalue weighted by Gasteiger charge is 2.03. The molecule has 21 heavy (non-hydrogen) atoms. The number of benzene rings is 2. The smallest absolute Gasteiger partial charge is 0.128 e. The van der Waals surface area contributed by atoms with Gasteiger partial charge in [0.05, 0.1) is 6.33 Å². The van der Waals surface area contributed by atoms with Gasteiger partial charge in [-0.15, -0.1) is 0 Å². The van der Waals surface area contributed by atoms with E-state index in [1.807, 2.05) is 35.0 Å². The molecule has 0 radical (unpaired) electrons. The molecule has 3 rings (SSSR count). The van der Waals surface area contributed by atoms with Crippen LogP contribution in [0.25, 0.3) is 5.69 Å². The van der Waals surface area contributed by atoms with Crippen molar-refractivity contribution in [1.82, 2.24) is 9.55 Å². The van der Waals surface area contributed by atoms with Crippen molar-refractivity contribution in [2.75, 3.05) is 5.32 Å². The van der Waals surface area contributed by atoms with Crippen LogP contribution < -0.4 is 5.32 Å². The van der Waals surface area contributed by atoms with Crippen molar-refractivity contribution < 1.29 is 4.39 Å². The number of anilines is 1. The number of hydrogen-bond acceptors (Lipinski definition) is 2. The molecular weight excluding hydrogens is 333 g/mol. The maximum Gasteiger partial charge on any atom is 0.128 e. The molecule has 0 amide bonds. The Morgan fingerprint density at radius 3 is 2.90 bits per heavy atom. The number of rotatable bonds is 4. The molecule has 3 nitrogen and oxygen atoms in total. The highest BCUT2D eigenvalue weighted by molar-refractivity contribution is 9.10. The summed E-state index contributed by atoms with van der Waals surface area (Å²) in [4.78, 5) is 4.03. The van der Waals surface area contributed by atoms with Crippen LogP contribution in [-0.2, 0) is 6.54 Å². The number of hydrogen-bond donors (Lipinski definition) is 1. The highest BCUT2D eigenvalue weighted by Crippen LogP contribution is 2.19. The second-order valence-corrected chi connectivity index (χ2v) is 5.53. The normalized spacial score (nSPS) is 10.6. The van der Waals surface area contributed by atoms with Crippen molar-refractivity contribution in [1.29, 1.82) is 0 Å². The second-order valence-electron chi connectivity index (χ2n) is 4.61. The average Bonchev–Trinajstić information content (AvgIpc) is 3.03. The molecule has 1 N–H and O–H groups in total. The number of nitrogens with one attached hydrogen (secondary N) is 1. The van der Waals surface area contributed by atoms with Crippen LogP contribution in [0.1, 0.15) is 5.56 Å². The van der Waals surface area contributed by atoms with Gasteiger partial charge in [0.2, 0.25) is 0 Å². The fourth-order valence-electron chi connectivity index (χ4n) is 2.06. The Labute approximate surface area is 130 Å². The topological polar surface area (TPSA) is 29.9 Å². The van der Waals surface area contributed by atoms with Gasteiger partial charge in [0, 0.05) is 40.3 Å². The molecule has 0 saturated heterocycles. The SMILES string of the molecule is Fc1ccc(Br)cc1CNc1cccc(-n2ccnc2)c1. The van der Waals surface area contributed by atoms with E-state index in [9.17, 15) is 4.39 Å². The minimum Gasteiger partial charge on any atom is -0.381 e. The van der Waals surface area contributed by atoms with Crippen LogP contribution in [0, 0.1) is 5.82 Å². The standard InChI is InChI=1S/C16H13BrFN3/c17-13-4-5-16(18)12(8-13)10-20-14-2-1-3-15(9-14)21-7-6-19-11-21/h1-9,11,20H,10H2. The quantitative estimate of drug-likeness (QED) is 0.760. The molecule has 0 atom stereocenters. The van der Waals surface area contributed by atoms with Gasteiger partial charge in [-0.05, 0) is 36.4 Å². The first-order chi connectivity index (χ1) is 10.2. The molecule has 1 aromatic heterocycles. The largest absolute Gasteiger partial charge is 0.381 e. The van der Waals surface area contributed by atoms with Gasteiger partial charge >= 0.3 is 0 Å². The zero-order valence-electron chi connectivity index (χ0n) is 11.1. The van der Waals surface area contributed by atoms with E-state index >= 15 is 0 Å². The number of aromatic nitrogens is 2. The first-order valence-electron chi connectivity index (χ1n) is 6.48. The summed E-state index contributed by atoms with van der Waals surface area (Å²) in [7, 11) is 0. The molecule has 0 fully saturated rings. The molecule has 3 aromatic rings. The van der Waals surface area contributed by atoms with Crippen LogP contribution in [0.4, 0.5) is 10.1 Å². The van der Waals surface area contributed by atoms with Crippen LogP contribution in [0.15, 0.2) is 65.7 Å². The lowest BCUT2D eigenvalue weighted by atomic mass is 10.2. The Hall–Kier alpha value is -2.14. The summed E-state index contributed by atoms with van der Waals surface area (Å²) in [6.45, 7) is 0.429. The summed E-state index contributed by atoms with van der Waals surface area (Å²) < 4.78 is 16.5. The van der Waals surface area contributed by atoms with E-state index in [-0.39, 0.29) is 5.82 Å². The Balaban J connectivity index is 1.76. The zero-order valence-corrected chi connectivity index (χ0v) is 12.7. The van der Waals surface area contributed by atoms with Gasteiger partial charge in [-0.2, -0.15) is 0 Å². The predicted octanol–water partition coefficient (Wildman–Crippen LogP) is 4.39. The molecular formula is C16H13BrFN3. The minimum atomic E-state index is -0.212. The zero-order chi connectivity index (χ0) is 14.7. The lowest BCUT2D eigenvalue weighted by Gasteiger charge is -2.10. The molecule has 0 unspecified atom stereocenters. The van der Waals surface area contributed by atoms with E-state index in [1.54, 1.807) is 24.7 Å². The lowest BCUT2D eigenvalue weighted by Crippen LogP contribution is -2.02. The number of nitrogens with zero attached hydrogens (tertiary/aromatic N) is 2. The van der Waals surface area contributed by atoms with Crippen molar-refractivity contribution in [3.8, 4) is 5.69 Å². The number of imidazole rings is 1. The van der Waals surface area contributed by atoms with Gasteiger partial charge in [-0.1, -0.05) is 22.0 Å². The van der Waals surface area contributed by atoms with Gasteiger partial charge in [-0.25, -0.2) is 9.37 Å². The van der Waals surface area contributed by atoms with E-state index in [4.69, 9.17) is 0 Å². The summed E-state index contributed by atoms with van der Waals surface area (Å²) in [5.74, 6) is -0.212. The molecule has 0 aliphatic heterocycles. The van der Waals surface area contributed by atoms with Crippen molar-refractivity contribution in [2.24, 2.45) is 0 Å². The molecule has 5 heteroatoms. The third kappa shape index (κ3) is 3.31. The minimum absolute atomic E-state index is 0.212. The molecule has 0 spiro atoms. The van der Waals surface area contributed by atoms with Crippen molar-refractivity contribution >= 4 is 21.6 Å². The first kappa shape index (κ1) is 13.8. The first-order valence-corrected chi connectivity index (χ1v) is 7.28. The lowest BCUT2D eigenvalue weighted by molar-refractivity contribution is 0.612. The Morgan fingerprint density at radius 1 is 1.19 bits per heavy atom. The molecule has 0 aliphatic carbocycles. The molecule has 106 valence electrons. The summed E-state index contributed by atoms with van der Waals surface area (Å²) in [5.41, 5.74) is 2.56. The van der Waals surface area contributed by atoms with Gasteiger partial charge < -0.3 is 9.88 Å². The summed E-state index contributed by atoms with van der Waals surface area (Å²) in [6, 6.07) is 12.8. The number of halogens is 2. The predicted molar refractivity (Wildman–Crippen MR) is 85.0 cm³/mol. The van der Waals surface area contributed by atoms with E-state index in [0.717, 1.165) is 15.8 Å². The third-order valence-corrected chi connectivity index (χ3v) is 3.63. The van der Waals surface area contributed by atoms with E-state index < -0.39 is 0 Å². The average molecular weight is 346 g/mol. The van der Waals surface area contributed by atoms with Gasteiger partial charge in [0.1, 0.15) is 5.82 Å². The molecule has 0 saturated carbocycles. The molecule has 0 bridgehead atoms. The van der Waals surface area contributed by atoms with Crippen LogP contribution >= 0.6 is 15.9 Å². The van der Waals surface area contributed by atoms with E-state index in [0.29, 0.717) is 12.1 Å². The molecule has 0 aliphatic rings. The van der Waals surface area contributed by atoms with Crippen molar-refractivity contribution in [2.45, 2.75) is 6.54 Å². The van der Waals surface area contributed by atoms with E-state index in [1.165, 1.54) is 6.07 Å². The molecule has 1 heterocycles. The fraction of sp³-hybridized carbons (Fsp3) is 0.0625. The third-order valence-electron chi connectivity index (χ3n) is 3.14. The van der Waals surface area contributed by atoms with E-state index in [2.05, 4.69) is 26.2 Å². The van der Waals surface area contributed by atoms with Gasteiger partial charge in [0.15, 0.2) is 0 Å². The Bertz CT molecular complexity index is 741. The summed E-state index contributed by atoms with van der Waals surface area (Å²) in [5, 5.41) is 3.24. The highest BCUT2D eigenvalue weighted by atomic mass is 79.9. The summed E-state index contributed by atoms with van der Waals surface area (Å²) in [6.07, 6.45) is 5.36. The fourth-order valence-corrected chi connectivity index (χ4v) is 2.47. The Kier molecular flexibility index (Phi) is 4.01. The summed E-state index contributed by atoms with van der Waals surface area (Å²) >= 11 is 3.36.